The summed E-state index contributed by atoms with van der Waals surface area (Å²) in [5, 5.41) is 10.3. The summed E-state index contributed by atoms with van der Waals surface area (Å²) in [5.74, 6) is 0.120. The van der Waals surface area contributed by atoms with Gasteiger partial charge in [0.1, 0.15) is 12.2 Å². The molecule has 3 heterocycles. The second-order valence-corrected chi connectivity index (χ2v) is 7.65. The third kappa shape index (κ3) is 5.26. The van der Waals surface area contributed by atoms with E-state index in [-0.39, 0.29) is 30.4 Å². The minimum absolute atomic E-state index is 0.113. The molecule has 0 aliphatic carbocycles. The molecule has 3 aliphatic rings. The maximum absolute atomic E-state index is 11.6. The van der Waals surface area contributed by atoms with Crippen LogP contribution in [0.4, 0.5) is 0 Å². The normalized spacial score (nSPS) is 46.4. The molecule has 3 aliphatic heterocycles. The Bertz CT molecular complexity index is 488. The number of carbonyl (C=O) groups is 1. The lowest BCUT2D eigenvalue weighted by Gasteiger charge is -2.42. The first kappa shape index (κ1) is 21.1. The summed E-state index contributed by atoms with van der Waals surface area (Å²) in [7, 11) is 1.56. The van der Waals surface area contributed by atoms with Crippen LogP contribution < -0.4 is 0 Å². The van der Waals surface area contributed by atoms with E-state index in [0.29, 0.717) is 25.7 Å². The molecule has 156 valence electrons. The second kappa shape index (κ2) is 9.26. The molecule has 0 unspecified atom stereocenters. The van der Waals surface area contributed by atoms with E-state index >= 15 is 0 Å². The zero-order valence-electron chi connectivity index (χ0n) is 16.5. The standard InChI is InChI=1S/C19H32O8/c1-10-13(20)5-7-16(23-10)26-15-6-8-17(24-11(15)2)27-19-12(3)25-18(22-4)9-14(19)21/h10-12,14-19,21H,5-9H2,1-4H3/t10-,11-,12+,14+,15-,16-,17-,18-,19+/m0/s1. The van der Waals surface area contributed by atoms with Crippen molar-refractivity contribution in [2.75, 3.05) is 7.11 Å². The van der Waals surface area contributed by atoms with Crippen molar-refractivity contribution >= 4 is 5.78 Å². The van der Waals surface area contributed by atoms with E-state index in [2.05, 4.69) is 0 Å². The Balaban J connectivity index is 1.46. The van der Waals surface area contributed by atoms with Crippen molar-refractivity contribution in [3.8, 4) is 0 Å². The molecule has 0 aromatic carbocycles. The molecule has 0 aromatic heterocycles. The molecule has 8 nitrogen and oxygen atoms in total. The number of ether oxygens (including phenoxy) is 6. The van der Waals surface area contributed by atoms with Crippen LogP contribution in [0.1, 0.15) is 52.9 Å². The number of hydrogen-bond donors (Lipinski definition) is 1. The van der Waals surface area contributed by atoms with Gasteiger partial charge in [-0.1, -0.05) is 0 Å². The molecule has 0 saturated carbocycles. The van der Waals surface area contributed by atoms with E-state index < -0.39 is 30.9 Å². The molecule has 0 amide bonds. The van der Waals surface area contributed by atoms with Crippen molar-refractivity contribution in [1.29, 1.82) is 0 Å². The average molecular weight is 388 g/mol. The number of Topliss-reactive ketones (excluding diaryl/α,β-unsaturated/α-hetero) is 1. The number of aliphatic hydroxyl groups excluding tert-OH is 1. The van der Waals surface area contributed by atoms with E-state index in [9.17, 15) is 9.90 Å². The summed E-state index contributed by atoms with van der Waals surface area (Å²) in [6.45, 7) is 5.56. The summed E-state index contributed by atoms with van der Waals surface area (Å²) in [6, 6.07) is 0. The fraction of sp³-hybridized carbons (Fsp3) is 0.947. The molecular formula is C19H32O8. The SMILES string of the molecule is CO[C@@H]1C[C@@H](O)[C@H](O[C@H]2CC[C@H](O[C@H]3CCC(=O)[C@H](C)O3)[C@H](C)O2)[C@@H](C)O1. The highest BCUT2D eigenvalue weighted by Crippen LogP contribution is 2.30. The van der Waals surface area contributed by atoms with Crippen LogP contribution in [0.3, 0.4) is 0 Å². The molecule has 0 radical (unpaired) electrons. The van der Waals surface area contributed by atoms with Crippen LogP contribution in [0.15, 0.2) is 0 Å². The Morgan fingerprint density at radius 1 is 0.926 bits per heavy atom. The van der Waals surface area contributed by atoms with E-state index in [0.717, 1.165) is 6.42 Å². The van der Waals surface area contributed by atoms with Gasteiger partial charge in [0.25, 0.3) is 0 Å². The van der Waals surface area contributed by atoms with Gasteiger partial charge in [0, 0.05) is 32.8 Å². The van der Waals surface area contributed by atoms with Crippen LogP contribution in [0, 0.1) is 0 Å². The quantitative estimate of drug-likeness (QED) is 0.758. The predicted octanol–water partition coefficient (Wildman–Crippen LogP) is 1.52. The smallest absolute Gasteiger partial charge is 0.161 e. The lowest BCUT2D eigenvalue weighted by atomic mass is 10.0. The fourth-order valence-electron chi connectivity index (χ4n) is 3.88. The van der Waals surface area contributed by atoms with Crippen LogP contribution in [0.2, 0.25) is 0 Å². The van der Waals surface area contributed by atoms with E-state index in [1.54, 1.807) is 14.0 Å². The Labute approximate surface area is 160 Å². The number of carbonyl (C=O) groups excluding carboxylic acids is 1. The zero-order valence-corrected chi connectivity index (χ0v) is 16.5. The van der Waals surface area contributed by atoms with Gasteiger partial charge < -0.3 is 33.5 Å². The van der Waals surface area contributed by atoms with Gasteiger partial charge in [0.2, 0.25) is 0 Å². The number of ketones is 1. The molecule has 0 spiro atoms. The zero-order chi connectivity index (χ0) is 19.6. The topological polar surface area (TPSA) is 92.7 Å². The Morgan fingerprint density at radius 3 is 2.26 bits per heavy atom. The summed E-state index contributed by atoms with van der Waals surface area (Å²) in [4.78, 5) is 11.6. The van der Waals surface area contributed by atoms with Crippen LogP contribution >= 0.6 is 0 Å². The van der Waals surface area contributed by atoms with Crippen molar-refractivity contribution < 1.29 is 38.3 Å². The maximum atomic E-state index is 11.6. The Hall–Kier alpha value is -0.610. The third-order valence-corrected chi connectivity index (χ3v) is 5.55. The largest absolute Gasteiger partial charge is 0.390 e. The van der Waals surface area contributed by atoms with E-state index in [4.69, 9.17) is 28.4 Å². The Kier molecular flexibility index (Phi) is 7.24. The van der Waals surface area contributed by atoms with Crippen molar-refractivity contribution in [3.63, 3.8) is 0 Å². The number of rotatable bonds is 5. The van der Waals surface area contributed by atoms with Gasteiger partial charge in [-0.25, -0.2) is 0 Å². The van der Waals surface area contributed by atoms with Crippen LogP contribution in [0.25, 0.3) is 0 Å². The fourth-order valence-corrected chi connectivity index (χ4v) is 3.88. The molecule has 3 rings (SSSR count). The lowest BCUT2D eigenvalue weighted by Crippen LogP contribution is -2.52. The van der Waals surface area contributed by atoms with Crippen LogP contribution in [-0.2, 0) is 33.2 Å². The van der Waals surface area contributed by atoms with Gasteiger partial charge in [0.15, 0.2) is 24.7 Å². The van der Waals surface area contributed by atoms with Crippen molar-refractivity contribution in [3.05, 3.63) is 0 Å². The first-order valence-corrected chi connectivity index (χ1v) is 9.88. The van der Waals surface area contributed by atoms with Crippen molar-refractivity contribution in [1.82, 2.24) is 0 Å². The molecule has 1 N–H and O–H groups in total. The van der Waals surface area contributed by atoms with Gasteiger partial charge >= 0.3 is 0 Å². The minimum atomic E-state index is -0.666. The molecule has 27 heavy (non-hydrogen) atoms. The molecular weight excluding hydrogens is 356 g/mol. The van der Waals surface area contributed by atoms with Gasteiger partial charge in [0.05, 0.1) is 24.4 Å². The Morgan fingerprint density at radius 2 is 1.63 bits per heavy atom. The van der Waals surface area contributed by atoms with Crippen molar-refractivity contribution in [2.24, 2.45) is 0 Å². The van der Waals surface area contributed by atoms with Crippen molar-refractivity contribution in [2.45, 2.75) is 108 Å². The second-order valence-electron chi connectivity index (χ2n) is 7.65. The van der Waals surface area contributed by atoms with Gasteiger partial charge in [-0.3, -0.25) is 4.79 Å². The highest BCUT2D eigenvalue weighted by Gasteiger charge is 2.40. The van der Waals surface area contributed by atoms with E-state index in [1.165, 1.54) is 0 Å². The molecule has 3 fully saturated rings. The first-order chi connectivity index (χ1) is 12.9. The monoisotopic (exact) mass is 388 g/mol. The van der Waals surface area contributed by atoms with Gasteiger partial charge in [-0.05, 0) is 27.2 Å². The third-order valence-electron chi connectivity index (χ3n) is 5.55. The predicted molar refractivity (Wildman–Crippen MR) is 93.9 cm³/mol. The summed E-state index contributed by atoms with van der Waals surface area (Å²) < 4.78 is 34.5. The van der Waals surface area contributed by atoms with Crippen LogP contribution in [0.5, 0.6) is 0 Å². The molecule has 9 atom stereocenters. The van der Waals surface area contributed by atoms with E-state index in [1.807, 2.05) is 13.8 Å². The average Bonchev–Trinajstić information content (AvgIpc) is 2.63. The van der Waals surface area contributed by atoms with Gasteiger partial charge in [-0.2, -0.15) is 0 Å². The molecule has 3 saturated heterocycles. The van der Waals surface area contributed by atoms with Crippen LogP contribution in [-0.4, -0.2) is 73.5 Å². The molecule has 0 aromatic rings. The molecule has 8 heteroatoms. The summed E-state index contributed by atoms with van der Waals surface area (Å²) in [5.41, 5.74) is 0. The number of aliphatic hydroxyl groups is 1. The highest BCUT2D eigenvalue weighted by molar-refractivity contribution is 5.83. The summed E-state index contributed by atoms with van der Waals surface area (Å²) >= 11 is 0. The lowest BCUT2D eigenvalue weighted by molar-refractivity contribution is -0.310. The highest BCUT2D eigenvalue weighted by atomic mass is 16.7. The molecule has 0 bridgehead atoms. The number of methoxy groups -OCH3 is 1. The maximum Gasteiger partial charge on any atom is 0.161 e. The number of hydrogen-bond acceptors (Lipinski definition) is 8. The first-order valence-electron chi connectivity index (χ1n) is 9.88. The van der Waals surface area contributed by atoms with Gasteiger partial charge in [-0.15, -0.1) is 0 Å². The minimum Gasteiger partial charge on any atom is -0.390 e. The summed E-state index contributed by atoms with van der Waals surface area (Å²) in [6.07, 6.45) is -0.474.